The van der Waals surface area contributed by atoms with E-state index in [1.165, 1.54) is 12.1 Å². The van der Waals surface area contributed by atoms with E-state index >= 15 is 0 Å². The number of carbonyl (C=O) groups is 3. The summed E-state index contributed by atoms with van der Waals surface area (Å²) < 4.78 is 0.0824. The topological polar surface area (TPSA) is 171 Å². The molecule has 0 unspecified atom stereocenters. The molecule has 0 saturated carbocycles. The Hall–Kier alpha value is -3.14. The number of hydrogen-bond donors (Lipinski definition) is 5. The van der Waals surface area contributed by atoms with E-state index in [9.17, 15) is 29.4 Å². The van der Waals surface area contributed by atoms with Crippen molar-refractivity contribution in [1.82, 2.24) is 4.98 Å². The summed E-state index contributed by atoms with van der Waals surface area (Å²) in [5, 5.41) is 27.6. The van der Waals surface area contributed by atoms with Crippen LogP contribution in [0.15, 0.2) is 27.5 Å². The van der Waals surface area contributed by atoms with Crippen molar-refractivity contribution in [3.63, 3.8) is 0 Å². The smallest absolute Gasteiger partial charge is 0.342 e. The molecule has 6 N–H and O–H groups in total. The number of carboxylic acid groups (broad SMARTS) is 3. The summed E-state index contributed by atoms with van der Waals surface area (Å²) in [6, 6.07) is 3.55. The molecule has 0 amide bonds. The number of nitrogens with two attached hydrogens (primary N) is 1. The van der Waals surface area contributed by atoms with Gasteiger partial charge in [0.2, 0.25) is 0 Å². The zero-order valence-corrected chi connectivity index (χ0v) is 13.2. The summed E-state index contributed by atoms with van der Waals surface area (Å²) in [6.07, 6.45) is 0. The summed E-state index contributed by atoms with van der Waals surface area (Å²) in [5.74, 6) is -4.94. The molecule has 0 aliphatic rings. The molecule has 0 atom stereocenters. The van der Waals surface area contributed by atoms with Crippen molar-refractivity contribution in [3.05, 3.63) is 49.7 Å². The molecule has 2 aromatic rings. The fourth-order valence-electron chi connectivity index (χ4n) is 2.18. The third-order valence-electron chi connectivity index (χ3n) is 3.16. The van der Waals surface area contributed by atoms with E-state index in [0.717, 1.165) is 6.07 Å². The van der Waals surface area contributed by atoms with Crippen LogP contribution in [0.25, 0.3) is 11.1 Å². The molecule has 0 bridgehead atoms. The first-order valence-electron chi connectivity index (χ1n) is 6.20. The van der Waals surface area contributed by atoms with Crippen LogP contribution in [0.4, 0.5) is 5.82 Å². The lowest BCUT2D eigenvalue weighted by atomic mass is 9.95. The molecule has 0 aliphatic heterocycles. The Kier molecular flexibility index (Phi) is 4.42. The normalized spacial score (nSPS) is 10.4. The van der Waals surface area contributed by atoms with Crippen LogP contribution in [-0.4, -0.2) is 38.2 Å². The zero-order valence-electron chi connectivity index (χ0n) is 11.7. The molecule has 124 valence electrons. The van der Waals surface area contributed by atoms with Gasteiger partial charge in [0.05, 0.1) is 5.56 Å². The Bertz CT molecular complexity index is 949. The predicted molar refractivity (Wildman–Crippen MR) is 85.5 cm³/mol. The van der Waals surface area contributed by atoms with Crippen LogP contribution in [0.2, 0.25) is 0 Å². The molecule has 1 aromatic heterocycles. The van der Waals surface area contributed by atoms with Crippen molar-refractivity contribution >= 4 is 39.7 Å². The van der Waals surface area contributed by atoms with Gasteiger partial charge in [-0.25, -0.2) is 14.4 Å². The Morgan fingerprint density at radius 2 is 1.58 bits per heavy atom. The molecule has 0 radical (unpaired) electrons. The van der Waals surface area contributed by atoms with Crippen LogP contribution < -0.4 is 11.3 Å². The van der Waals surface area contributed by atoms with Crippen molar-refractivity contribution in [2.45, 2.75) is 0 Å². The van der Waals surface area contributed by atoms with Crippen LogP contribution in [0.5, 0.6) is 0 Å². The quantitative estimate of drug-likeness (QED) is 0.516. The number of hydrogen-bond acceptors (Lipinski definition) is 5. The van der Waals surface area contributed by atoms with Gasteiger partial charge in [0.25, 0.3) is 5.56 Å². The molecule has 24 heavy (non-hydrogen) atoms. The van der Waals surface area contributed by atoms with Gasteiger partial charge < -0.3 is 26.0 Å². The highest BCUT2D eigenvalue weighted by atomic mass is 79.9. The molecule has 9 nitrogen and oxygen atoms in total. The van der Waals surface area contributed by atoms with Crippen LogP contribution in [0.1, 0.15) is 31.1 Å². The van der Waals surface area contributed by atoms with E-state index in [-0.39, 0.29) is 15.6 Å². The molecule has 10 heteroatoms. The third-order valence-corrected chi connectivity index (χ3v) is 3.82. The van der Waals surface area contributed by atoms with Crippen LogP contribution >= 0.6 is 15.9 Å². The fourth-order valence-corrected chi connectivity index (χ4v) is 2.73. The molecule has 0 spiro atoms. The summed E-state index contributed by atoms with van der Waals surface area (Å²) >= 11 is 3.01. The Morgan fingerprint density at radius 3 is 2.04 bits per heavy atom. The Morgan fingerprint density at radius 1 is 1.00 bits per heavy atom. The van der Waals surface area contributed by atoms with Crippen LogP contribution in [0, 0.1) is 0 Å². The first-order valence-corrected chi connectivity index (χ1v) is 7.00. The highest BCUT2D eigenvalue weighted by Crippen LogP contribution is 2.32. The number of nitrogen functional groups attached to an aromatic ring is 1. The van der Waals surface area contributed by atoms with Gasteiger partial charge in [-0.05, 0) is 33.6 Å². The zero-order chi connectivity index (χ0) is 18.2. The van der Waals surface area contributed by atoms with Crippen molar-refractivity contribution in [2.75, 3.05) is 5.73 Å². The molecule has 0 saturated heterocycles. The van der Waals surface area contributed by atoms with Crippen LogP contribution in [-0.2, 0) is 0 Å². The molecule has 0 aliphatic carbocycles. The molecule has 1 heterocycles. The van der Waals surface area contributed by atoms with Gasteiger partial charge in [0.1, 0.15) is 16.9 Å². The molecule has 1 aromatic carbocycles. The summed E-state index contributed by atoms with van der Waals surface area (Å²) in [7, 11) is 0. The van der Waals surface area contributed by atoms with Crippen molar-refractivity contribution in [2.24, 2.45) is 0 Å². The monoisotopic (exact) mass is 396 g/mol. The number of aromatic nitrogens is 1. The van der Waals surface area contributed by atoms with E-state index < -0.39 is 46.0 Å². The molecule has 2 rings (SSSR count). The Labute approximate surface area is 141 Å². The van der Waals surface area contributed by atoms with Gasteiger partial charge in [0.15, 0.2) is 0 Å². The number of aromatic carboxylic acids is 3. The van der Waals surface area contributed by atoms with Crippen molar-refractivity contribution in [3.8, 4) is 11.1 Å². The third kappa shape index (κ3) is 2.86. The number of H-pyrrole nitrogens is 1. The highest BCUT2D eigenvalue weighted by Gasteiger charge is 2.27. The fraction of sp³-hybridized carbons (Fsp3) is 0. The maximum atomic E-state index is 11.9. The maximum absolute atomic E-state index is 11.9. The molecular weight excluding hydrogens is 388 g/mol. The van der Waals surface area contributed by atoms with Gasteiger partial charge >= 0.3 is 17.9 Å². The number of benzene rings is 1. The lowest BCUT2D eigenvalue weighted by Crippen LogP contribution is -2.24. The van der Waals surface area contributed by atoms with Gasteiger partial charge in [-0.15, -0.1) is 0 Å². The van der Waals surface area contributed by atoms with E-state index in [1.54, 1.807) is 0 Å². The number of nitrogens with one attached hydrogen (secondary N) is 1. The number of aromatic amines is 1. The molecule has 0 fully saturated rings. The van der Waals surface area contributed by atoms with Crippen molar-refractivity contribution < 1.29 is 29.7 Å². The second kappa shape index (κ2) is 6.16. The van der Waals surface area contributed by atoms with Gasteiger partial charge in [-0.3, -0.25) is 4.79 Å². The largest absolute Gasteiger partial charge is 0.478 e. The lowest BCUT2D eigenvalue weighted by molar-refractivity contribution is 0.0681. The van der Waals surface area contributed by atoms with E-state index in [1.807, 2.05) is 4.98 Å². The second-order valence-corrected chi connectivity index (χ2v) is 5.46. The summed E-state index contributed by atoms with van der Waals surface area (Å²) in [6.45, 7) is 0. The number of pyridine rings is 1. The minimum atomic E-state index is -1.65. The average Bonchev–Trinajstić information content (AvgIpc) is 2.44. The van der Waals surface area contributed by atoms with E-state index in [0.29, 0.717) is 0 Å². The number of halogens is 1. The maximum Gasteiger partial charge on any atom is 0.342 e. The number of rotatable bonds is 4. The number of carboxylic acids is 3. The SMILES string of the molecule is Nc1[nH]c(=O)c(C(=O)O)c(-c2ccc(C(=O)O)c(Br)c2)c1C(=O)O. The van der Waals surface area contributed by atoms with Gasteiger partial charge in [-0.1, -0.05) is 6.07 Å². The first-order chi connectivity index (χ1) is 11.1. The van der Waals surface area contributed by atoms with Gasteiger partial charge in [-0.2, -0.15) is 0 Å². The van der Waals surface area contributed by atoms with Crippen molar-refractivity contribution in [1.29, 1.82) is 0 Å². The summed E-state index contributed by atoms with van der Waals surface area (Å²) in [5.41, 5.74) is 2.52. The highest BCUT2D eigenvalue weighted by molar-refractivity contribution is 9.10. The van der Waals surface area contributed by atoms with E-state index in [4.69, 9.17) is 10.8 Å². The minimum Gasteiger partial charge on any atom is -0.478 e. The van der Waals surface area contributed by atoms with Gasteiger partial charge in [0, 0.05) is 10.0 Å². The standard InChI is InChI=1S/C14H9BrN2O7/c15-6-3-4(1-2-5(6)12(19)20)7-8(13(21)22)10(16)17-11(18)9(7)14(23)24/h1-3H,(H,19,20)(H,21,22)(H,23,24)(H3,16,17,18). The Balaban J connectivity index is 2.94. The second-order valence-electron chi connectivity index (χ2n) is 4.60. The molecular formula is C14H9BrN2O7. The lowest BCUT2D eigenvalue weighted by Gasteiger charge is -2.13. The number of anilines is 1. The average molecular weight is 397 g/mol. The first kappa shape index (κ1) is 17.2. The van der Waals surface area contributed by atoms with E-state index in [2.05, 4.69) is 15.9 Å². The predicted octanol–water partition coefficient (Wildman–Crippen LogP) is 1.48. The van der Waals surface area contributed by atoms with Crippen LogP contribution in [0.3, 0.4) is 0 Å². The minimum absolute atomic E-state index is 0.0134. The summed E-state index contributed by atoms with van der Waals surface area (Å²) in [4.78, 5) is 47.8.